The highest BCUT2D eigenvalue weighted by molar-refractivity contribution is 9.10. The van der Waals surface area contributed by atoms with Crippen LogP contribution in [0.2, 0.25) is 0 Å². The Morgan fingerprint density at radius 2 is 1.85 bits per heavy atom. The lowest BCUT2D eigenvalue weighted by Crippen LogP contribution is -2.41. The summed E-state index contributed by atoms with van der Waals surface area (Å²) in [6, 6.07) is 12.1. The molecule has 0 spiro atoms. The number of benzene rings is 2. The molecule has 0 radical (unpaired) electrons. The Morgan fingerprint density at radius 3 is 2.50 bits per heavy atom. The summed E-state index contributed by atoms with van der Waals surface area (Å²) in [6.45, 7) is 0.170. The zero-order chi connectivity index (χ0) is 18.7. The van der Waals surface area contributed by atoms with E-state index in [9.17, 15) is 14.0 Å². The third-order valence-corrected chi connectivity index (χ3v) is 4.75. The average molecular weight is 422 g/mol. The fourth-order valence-electron chi connectivity index (χ4n) is 2.94. The molecule has 0 saturated carbocycles. The number of nitrogens with zero attached hydrogens (tertiary/aromatic N) is 1. The number of hydrogen-bond acceptors (Lipinski definition) is 4. The smallest absolute Gasteiger partial charge is 0.328 e. The number of methoxy groups -OCH3 is 1. The van der Waals surface area contributed by atoms with Gasteiger partial charge < -0.3 is 14.4 Å². The van der Waals surface area contributed by atoms with E-state index in [-0.39, 0.29) is 24.6 Å². The monoisotopic (exact) mass is 421 g/mol. The van der Waals surface area contributed by atoms with Crippen LogP contribution in [-0.2, 0) is 9.53 Å². The minimum absolute atomic E-state index is 0.0963. The van der Waals surface area contributed by atoms with Crippen molar-refractivity contribution in [2.45, 2.75) is 18.6 Å². The number of ether oxygens (including phenoxy) is 2. The minimum atomic E-state index is -0.770. The van der Waals surface area contributed by atoms with Crippen molar-refractivity contribution in [3.05, 3.63) is 64.4 Å². The van der Waals surface area contributed by atoms with Crippen molar-refractivity contribution in [2.75, 3.05) is 13.7 Å². The summed E-state index contributed by atoms with van der Waals surface area (Å²) >= 11 is 3.32. The molecule has 1 aliphatic heterocycles. The summed E-state index contributed by atoms with van der Waals surface area (Å²) in [5.74, 6) is -1.21. The van der Waals surface area contributed by atoms with E-state index < -0.39 is 23.9 Å². The number of carbonyl (C=O) groups excluding carboxylic acids is 2. The maximum Gasteiger partial charge on any atom is 0.328 e. The molecule has 0 aliphatic carbocycles. The van der Waals surface area contributed by atoms with Crippen LogP contribution < -0.4 is 4.74 Å². The third-order valence-electron chi connectivity index (χ3n) is 4.22. The van der Waals surface area contributed by atoms with Gasteiger partial charge in [-0.25, -0.2) is 9.18 Å². The number of para-hydroxylation sites is 1. The van der Waals surface area contributed by atoms with Crippen LogP contribution in [0.5, 0.6) is 5.75 Å². The first-order valence-corrected chi connectivity index (χ1v) is 8.84. The molecule has 0 N–H and O–H groups in total. The highest BCUT2D eigenvalue weighted by atomic mass is 79.9. The van der Waals surface area contributed by atoms with Gasteiger partial charge in [-0.15, -0.1) is 0 Å². The normalized spacial score (nSPS) is 19.3. The molecule has 2 aromatic carbocycles. The SMILES string of the molecule is COC(=O)C1CC(Oc2ccccc2F)CN1C(=O)c1ccc(Br)cc1. The quantitative estimate of drug-likeness (QED) is 0.709. The summed E-state index contributed by atoms with van der Waals surface area (Å²) in [5, 5.41) is 0. The zero-order valence-corrected chi connectivity index (χ0v) is 15.6. The number of hydrogen-bond donors (Lipinski definition) is 0. The molecule has 3 rings (SSSR count). The maximum atomic E-state index is 13.8. The Morgan fingerprint density at radius 1 is 1.15 bits per heavy atom. The Balaban J connectivity index is 1.80. The van der Waals surface area contributed by atoms with Gasteiger partial charge in [-0.05, 0) is 36.4 Å². The van der Waals surface area contributed by atoms with Crippen molar-refractivity contribution in [3.63, 3.8) is 0 Å². The molecule has 0 aromatic heterocycles. The van der Waals surface area contributed by atoms with Gasteiger partial charge in [0.2, 0.25) is 0 Å². The average Bonchev–Trinajstić information content (AvgIpc) is 3.07. The molecule has 1 aliphatic rings. The standard InChI is InChI=1S/C19H17BrFNO4/c1-25-19(24)16-10-14(26-17-5-3-2-4-15(17)21)11-22(16)18(23)12-6-8-13(20)9-7-12/h2-9,14,16H,10-11H2,1H3. The van der Waals surface area contributed by atoms with Crippen LogP contribution >= 0.6 is 15.9 Å². The van der Waals surface area contributed by atoms with E-state index in [0.29, 0.717) is 5.56 Å². The van der Waals surface area contributed by atoms with Gasteiger partial charge in [0.15, 0.2) is 11.6 Å². The van der Waals surface area contributed by atoms with Gasteiger partial charge in [-0.1, -0.05) is 28.1 Å². The second-order valence-electron chi connectivity index (χ2n) is 5.91. The fourth-order valence-corrected chi connectivity index (χ4v) is 3.21. The summed E-state index contributed by atoms with van der Waals surface area (Å²) in [7, 11) is 1.27. The Labute approximate surface area is 158 Å². The lowest BCUT2D eigenvalue weighted by molar-refractivity contribution is -0.145. The van der Waals surface area contributed by atoms with Crippen molar-refractivity contribution in [3.8, 4) is 5.75 Å². The number of likely N-dealkylation sites (tertiary alicyclic amines) is 1. The second-order valence-corrected chi connectivity index (χ2v) is 6.83. The molecule has 1 saturated heterocycles. The van der Waals surface area contributed by atoms with Crippen LogP contribution in [0.3, 0.4) is 0 Å². The number of esters is 1. The molecule has 1 amide bonds. The molecule has 2 aromatic rings. The van der Waals surface area contributed by atoms with Gasteiger partial charge in [-0.2, -0.15) is 0 Å². The molecule has 5 nitrogen and oxygen atoms in total. The van der Waals surface area contributed by atoms with Crippen molar-refractivity contribution in [1.29, 1.82) is 0 Å². The van der Waals surface area contributed by atoms with Crippen molar-refractivity contribution >= 4 is 27.8 Å². The third kappa shape index (κ3) is 3.88. The summed E-state index contributed by atoms with van der Waals surface area (Å²) in [4.78, 5) is 26.4. The lowest BCUT2D eigenvalue weighted by atomic mass is 10.1. The lowest BCUT2D eigenvalue weighted by Gasteiger charge is -2.22. The largest absolute Gasteiger partial charge is 0.485 e. The van der Waals surface area contributed by atoms with Gasteiger partial charge in [0.05, 0.1) is 13.7 Å². The molecule has 7 heteroatoms. The number of rotatable bonds is 4. The van der Waals surface area contributed by atoms with E-state index in [1.807, 2.05) is 0 Å². The van der Waals surface area contributed by atoms with Crippen molar-refractivity contribution in [1.82, 2.24) is 4.90 Å². The predicted octanol–water partition coefficient (Wildman–Crippen LogP) is 3.42. The molecule has 136 valence electrons. The molecule has 2 unspecified atom stereocenters. The highest BCUT2D eigenvalue weighted by Crippen LogP contribution is 2.27. The topological polar surface area (TPSA) is 55.8 Å². The molecule has 1 heterocycles. The van der Waals surface area contributed by atoms with Gasteiger partial charge >= 0.3 is 5.97 Å². The van der Waals surface area contributed by atoms with Crippen LogP contribution in [0.25, 0.3) is 0 Å². The van der Waals surface area contributed by atoms with Gasteiger partial charge in [0.1, 0.15) is 12.1 Å². The predicted molar refractivity (Wildman–Crippen MR) is 96.4 cm³/mol. The molecule has 26 heavy (non-hydrogen) atoms. The summed E-state index contributed by atoms with van der Waals surface area (Å²) in [6.07, 6.45) is -0.265. The van der Waals surface area contributed by atoms with E-state index in [1.54, 1.807) is 36.4 Å². The first kappa shape index (κ1) is 18.4. The maximum absolute atomic E-state index is 13.8. The van der Waals surface area contributed by atoms with Crippen LogP contribution in [0.1, 0.15) is 16.8 Å². The number of halogens is 2. The Hall–Kier alpha value is -2.41. The van der Waals surface area contributed by atoms with Crippen LogP contribution in [0.4, 0.5) is 4.39 Å². The van der Waals surface area contributed by atoms with Gasteiger partial charge in [0, 0.05) is 16.5 Å². The first-order chi connectivity index (χ1) is 12.5. The van der Waals surface area contributed by atoms with E-state index in [0.717, 1.165) is 4.47 Å². The van der Waals surface area contributed by atoms with Crippen molar-refractivity contribution in [2.24, 2.45) is 0 Å². The van der Waals surface area contributed by atoms with E-state index in [1.165, 1.54) is 24.1 Å². The highest BCUT2D eigenvalue weighted by Gasteiger charge is 2.42. The summed E-state index contributed by atoms with van der Waals surface area (Å²) < 4.78 is 25.2. The Bertz CT molecular complexity index is 811. The van der Waals surface area contributed by atoms with E-state index in [4.69, 9.17) is 9.47 Å². The second kappa shape index (κ2) is 7.86. The zero-order valence-electron chi connectivity index (χ0n) is 14.0. The minimum Gasteiger partial charge on any atom is -0.485 e. The van der Waals surface area contributed by atoms with Crippen LogP contribution in [0.15, 0.2) is 53.0 Å². The van der Waals surface area contributed by atoms with Crippen LogP contribution in [-0.4, -0.2) is 42.6 Å². The molecular formula is C19H17BrFNO4. The van der Waals surface area contributed by atoms with E-state index >= 15 is 0 Å². The number of amides is 1. The van der Waals surface area contributed by atoms with Gasteiger partial charge in [-0.3, -0.25) is 4.79 Å². The molecular weight excluding hydrogens is 405 g/mol. The van der Waals surface area contributed by atoms with Gasteiger partial charge in [0.25, 0.3) is 5.91 Å². The molecule has 0 bridgehead atoms. The van der Waals surface area contributed by atoms with Crippen molar-refractivity contribution < 1.29 is 23.5 Å². The fraction of sp³-hybridized carbons (Fsp3) is 0.263. The molecule has 2 atom stereocenters. The van der Waals surface area contributed by atoms with Crippen LogP contribution in [0, 0.1) is 5.82 Å². The molecule has 1 fully saturated rings. The first-order valence-electron chi connectivity index (χ1n) is 8.05. The summed E-state index contributed by atoms with van der Waals surface area (Å²) in [5.41, 5.74) is 0.452. The number of carbonyl (C=O) groups is 2. The van der Waals surface area contributed by atoms with E-state index in [2.05, 4.69) is 15.9 Å². The Kier molecular flexibility index (Phi) is 5.56.